The lowest BCUT2D eigenvalue weighted by Crippen LogP contribution is -2.00. The first-order valence-corrected chi connectivity index (χ1v) is 7.84. The van der Waals surface area contributed by atoms with E-state index in [2.05, 4.69) is 34.8 Å². The number of nitrogens with one attached hydrogen (secondary N) is 1. The summed E-state index contributed by atoms with van der Waals surface area (Å²) < 4.78 is 0. The highest BCUT2D eigenvalue weighted by atomic mass is 16.6. The van der Waals surface area contributed by atoms with Crippen LogP contribution < -0.4 is 5.43 Å². The highest BCUT2D eigenvalue weighted by molar-refractivity contribution is 5.99. The maximum atomic E-state index is 10.8. The third-order valence-electron chi connectivity index (χ3n) is 3.82. The Balaban J connectivity index is 1.74. The molecule has 3 aromatic rings. The van der Waals surface area contributed by atoms with Gasteiger partial charge >= 0.3 is 0 Å². The predicted octanol–water partition coefficient (Wildman–Crippen LogP) is 5.10. The zero-order valence-corrected chi connectivity index (χ0v) is 13.7. The van der Waals surface area contributed by atoms with Gasteiger partial charge in [-0.1, -0.05) is 60.7 Å². The molecule has 3 rings (SSSR count). The minimum atomic E-state index is -0.427. The van der Waals surface area contributed by atoms with Gasteiger partial charge in [-0.2, -0.15) is 5.10 Å². The Morgan fingerprint density at radius 2 is 1.60 bits per heavy atom. The highest BCUT2D eigenvalue weighted by Gasteiger charge is 2.05. The SMILES string of the molecule is CC(=NNc1cccc([N+](=O)[O-])c1)c1ccc(-c2ccccc2)cc1. The van der Waals surface area contributed by atoms with E-state index in [1.54, 1.807) is 12.1 Å². The van der Waals surface area contributed by atoms with Crippen LogP contribution in [0.2, 0.25) is 0 Å². The molecule has 0 spiro atoms. The molecule has 1 N–H and O–H groups in total. The minimum Gasteiger partial charge on any atom is -0.278 e. The third-order valence-corrected chi connectivity index (χ3v) is 3.82. The number of nitro groups is 1. The number of hydrazone groups is 1. The Morgan fingerprint density at radius 1 is 0.920 bits per heavy atom. The van der Waals surface area contributed by atoms with Crippen molar-refractivity contribution >= 4 is 17.1 Å². The second-order valence-electron chi connectivity index (χ2n) is 5.56. The number of hydrogen-bond donors (Lipinski definition) is 1. The van der Waals surface area contributed by atoms with Gasteiger partial charge in [-0.05, 0) is 29.7 Å². The van der Waals surface area contributed by atoms with Crippen molar-refractivity contribution in [2.45, 2.75) is 6.92 Å². The summed E-state index contributed by atoms with van der Waals surface area (Å²) in [6.07, 6.45) is 0. The number of nitrogens with zero attached hydrogens (tertiary/aromatic N) is 2. The van der Waals surface area contributed by atoms with Crippen LogP contribution in [0.15, 0.2) is 84.0 Å². The number of hydrogen-bond acceptors (Lipinski definition) is 4. The molecule has 0 heterocycles. The van der Waals surface area contributed by atoms with E-state index in [9.17, 15) is 10.1 Å². The van der Waals surface area contributed by atoms with Gasteiger partial charge in [0.2, 0.25) is 0 Å². The molecule has 124 valence electrons. The molecule has 0 radical (unpaired) electrons. The zero-order chi connectivity index (χ0) is 17.6. The van der Waals surface area contributed by atoms with Crippen molar-refractivity contribution in [3.63, 3.8) is 0 Å². The molecule has 0 saturated carbocycles. The van der Waals surface area contributed by atoms with Gasteiger partial charge in [0.1, 0.15) is 0 Å². The molecule has 0 bridgehead atoms. The molecule has 0 fully saturated rings. The number of rotatable bonds is 5. The fourth-order valence-corrected chi connectivity index (χ4v) is 2.44. The monoisotopic (exact) mass is 331 g/mol. The Hall–Kier alpha value is -3.47. The van der Waals surface area contributed by atoms with Crippen LogP contribution in [0.4, 0.5) is 11.4 Å². The smallest absolute Gasteiger partial charge is 0.271 e. The van der Waals surface area contributed by atoms with E-state index in [0.717, 1.165) is 16.8 Å². The summed E-state index contributed by atoms with van der Waals surface area (Å²) in [5, 5.41) is 15.1. The molecular weight excluding hydrogens is 314 g/mol. The Labute approximate surface area is 145 Å². The first-order valence-electron chi connectivity index (χ1n) is 7.84. The van der Waals surface area contributed by atoms with Crippen LogP contribution in [0.1, 0.15) is 12.5 Å². The van der Waals surface area contributed by atoms with E-state index in [1.165, 1.54) is 17.7 Å². The van der Waals surface area contributed by atoms with Crippen molar-refractivity contribution in [2.75, 3.05) is 5.43 Å². The van der Waals surface area contributed by atoms with Gasteiger partial charge in [0.05, 0.1) is 16.3 Å². The molecule has 0 atom stereocenters. The van der Waals surface area contributed by atoms with Crippen molar-refractivity contribution in [2.24, 2.45) is 5.10 Å². The van der Waals surface area contributed by atoms with Crippen LogP contribution in [-0.2, 0) is 0 Å². The van der Waals surface area contributed by atoms with Crippen molar-refractivity contribution in [3.8, 4) is 11.1 Å². The minimum absolute atomic E-state index is 0.0325. The van der Waals surface area contributed by atoms with Crippen LogP contribution >= 0.6 is 0 Å². The van der Waals surface area contributed by atoms with Gasteiger partial charge in [0.15, 0.2) is 0 Å². The zero-order valence-electron chi connectivity index (χ0n) is 13.7. The maximum Gasteiger partial charge on any atom is 0.271 e. The quantitative estimate of drug-likeness (QED) is 0.402. The van der Waals surface area contributed by atoms with Crippen LogP contribution in [0.5, 0.6) is 0 Å². The van der Waals surface area contributed by atoms with E-state index in [1.807, 2.05) is 37.3 Å². The summed E-state index contributed by atoms with van der Waals surface area (Å²) in [5.74, 6) is 0. The van der Waals surface area contributed by atoms with Crippen LogP contribution in [-0.4, -0.2) is 10.6 Å². The molecule has 0 aliphatic rings. The molecule has 25 heavy (non-hydrogen) atoms. The van der Waals surface area contributed by atoms with Gasteiger partial charge < -0.3 is 0 Å². The van der Waals surface area contributed by atoms with E-state index in [4.69, 9.17) is 0 Å². The summed E-state index contributed by atoms with van der Waals surface area (Å²) in [7, 11) is 0. The average Bonchev–Trinajstić information content (AvgIpc) is 2.67. The van der Waals surface area contributed by atoms with Gasteiger partial charge in [-0.25, -0.2) is 0 Å². The van der Waals surface area contributed by atoms with Crippen molar-refractivity contribution in [3.05, 3.63) is 94.5 Å². The molecule has 5 nitrogen and oxygen atoms in total. The first kappa shape index (κ1) is 16.4. The molecule has 5 heteroatoms. The normalized spacial score (nSPS) is 11.2. The molecule has 3 aromatic carbocycles. The van der Waals surface area contributed by atoms with Gasteiger partial charge in [-0.3, -0.25) is 15.5 Å². The van der Waals surface area contributed by atoms with Crippen molar-refractivity contribution in [1.82, 2.24) is 0 Å². The summed E-state index contributed by atoms with van der Waals surface area (Å²) in [6.45, 7) is 1.89. The maximum absolute atomic E-state index is 10.8. The summed E-state index contributed by atoms with van der Waals surface area (Å²) >= 11 is 0. The molecule has 0 aliphatic heterocycles. The fraction of sp³-hybridized carbons (Fsp3) is 0.0500. The van der Waals surface area contributed by atoms with Crippen LogP contribution in [0, 0.1) is 10.1 Å². The molecule has 0 amide bonds. The van der Waals surface area contributed by atoms with E-state index in [0.29, 0.717) is 5.69 Å². The lowest BCUT2D eigenvalue weighted by atomic mass is 10.0. The van der Waals surface area contributed by atoms with E-state index >= 15 is 0 Å². The number of benzene rings is 3. The molecule has 0 aliphatic carbocycles. The van der Waals surface area contributed by atoms with Gasteiger partial charge in [0, 0.05) is 12.1 Å². The summed E-state index contributed by atoms with van der Waals surface area (Å²) in [6, 6.07) is 24.5. The Bertz CT molecular complexity index is 904. The topological polar surface area (TPSA) is 67.5 Å². The van der Waals surface area contributed by atoms with Gasteiger partial charge in [-0.15, -0.1) is 0 Å². The average molecular weight is 331 g/mol. The van der Waals surface area contributed by atoms with Crippen molar-refractivity contribution in [1.29, 1.82) is 0 Å². The lowest BCUT2D eigenvalue weighted by molar-refractivity contribution is -0.384. The molecule has 0 saturated heterocycles. The Kier molecular flexibility index (Phi) is 4.85. The summed E-state index contributed by atoms with van der Waals surface area (Å²) in [5.41, 5.74) is 7.57. The molecule has 0 unspecified atom stereocenters. The molecule has 0 aromatic heterocycles. The number of nitro benzene ring substituents is 1. The first-order chi connectivity index (χ1) is 12.1. The van der Waals surface area contributed by atoms with Crippen LogP contribution in [0.25, 0.3) is 11.1 Å². The summed E-state index contributed by atoms with van der Waals surface area (Å²) in [4.78, 5) is 10.4. The Morgan fingerprint density at radius 3 is 2.28 bits per heavy atom. The number of non-ortho nitro benzene ring substituents is 1. The second kappa shape index (κ2) is 7.40. The molecular formula is C20H17N3O2. The second-order valence-corrected chi connectivity index (χ2v) is 5.56. The number of anilines is 1. The fourth-order valence-electron chi connectivity index (χ4n) is 2.44. The standard InChI is InChI=1S/C20H17N3O2/c1-15(21-22-19-8-5-9-20(14-19)23(24)25)16-10-12-18(13-11-16)17-6-3-2-4-7-17/h2-14,22H,1H3. The third kappa shape index (κ3) is 4.09. The van der Waals surface area contributed by atoms with E-state index < -0.39 is 4.92 Å². The van der Waals surface area contributed by atoms with Gasteiger partial charge in [0.25, 0.3) is 5.69 Å². The van der Waals surface area contributed by atoms with Crippen molar-refractivity contribution < 1.29 is 4.92 Å². The lowest BCUT2D eigenvalue weighted by Gasteiger charge is -2.06. The highest BCUT2D eigenvalue weighted by Crippen LogP contribution is 2.20. The largest absolute Gasteiger partial charge is 0.278 e. The van der Waals surface area contributed by atoms with Crippen LogP contribution in [0.3, 0.4) is 0 Å². The predicted molar refractivity (Wildman–Crippen MR) is 101 cm³/mol. The van der Waals surface area contributed by atoms with E-state index in [-0.39, 0.29) is 5.69 Å².